The molecule has 1 heterocycles. The maximum Gasteiger partial charge on any atom is 0.213 e. The molecule has 0 aliphatic carbocycles. The Labute approximate surface area is 104 Å². The van der Waals surface area contributed by atoms with E-state index in [-0.39, 0.29) is 11.5 Å². The second-order valence-corrected chi connectivity index (χ2v) is 4.10. The summed E-state index contributed by atoms with van der Waals surface area (Å²) >= 11 is 0. The Morgan fingerprint density at radius 3 is 2.33 bits per heavy atom. The van der Waals surface area contributed by atoms with Gasteiger partial charge in [0.25, 0.3) is 0 Å². The molecule has 18 heavy (non-hydrogen) atoms. The molecular formula is C14H13NO3. The Morgan fingerprint density at radius 1 is 1.22 bits per heavy atom. The third-order valence-corrected chi connectivity index (χ3v) is 3.05. The largest absolute Gasteiger partial charge is 0.428 e. The van der Waals surface area contributed by atoms with Crippen molar-refractivity contribution in [3.63, 3.8) is 0 Å². The van der Waals surface area contributed by atoms with Gasteiger partial charge < -0.3 is 5.21 Å². The van der Waals surface area contributed by atoms with Crippen LogP contribution in [0.2, 0.25) is 0 Å². The van der Waals surface area contributed by atoms with Gasteiger partial charge in [-0.05, 0) is 19.4 Å². The van der Waals surface area contributed by atoms with Gasteiger partial charge in [0.05, 0.1) is 5.69 Å². The molecule has 2 aromatic rings. The van der Waals surface area contributed by atoms with Gasteiger partial charge in [0.15, 0.2) is 6.29 Å². The van der Waals surface area contributed by atoms with E-state index >= 15 is 0 Å². The van der Waals surface area contributed by atoms with Crippen molar-refractivity contribution in [3.8, 4) is 0 Å². The maximum atomic E-state index is 12.3. The van der Waals surface area contributed by atoms with Gasteiger partial charge in [-0.1, -0.05) is 30.3 Å². The molecule has 0 saturated carbocycles. The van der Waals surface area contributed by atoms with Crippen LogP contribution in [-0.4, -0.2) is 22.0 Å². The Morgan fingerprint density at radius 2 is 1.83 bits per heavy atom. The van der Waals surface area contributed by atoms with E-state index < -0.39 is 0 Å². The molecule has 0 bridgehead atoms. The Hall–Kier alpha value is -2.36. The first-order valence-electron chi connectivity index (χ1n) is 5.54. The lowest BCUT2D eigenvalue weighted by Gasteiger charge is -2.04. The minimum atomic E-state index is -0.299. The summed E-state index contributed by atoms with van der Waals surface area (Å²) < 4.78 is 0.786. The molecule has 4 nitrogen and oxygen atoms in total. The second-order valence-electron chi connectivity index (χ2n) is 4.10. The molecule has 0 amide bonds. The molecule has 2 rings (SSSR count). The Bertz CT molecular complexity index is 612. The van der Waals surface area contributed by atoms with Crippen molar-refractivity contribution >= 4 is 12.1 Å². The molecule has 0 spiro atoms. The van der Waals surface area contributed by atoms with Crippen LogP contribution < -0.4 is 0 Å². The highest BCUT2D eigenvalue weighted by Crippen LogP contribution is 2.21. The van der Waals surface area contributed by atoms with E-state index in [2.05, 4.69) is 0 Å². The zero-order chi connectivity index (χ0) is 13.3. The third-order valence-electron chi connectivity index (χ3n) is 3.05. The number of aromatic nitrogens is 1. The fourth-order valence-electron chi connectivity index (χ4n) is 2.01. The molecule has 4 heteroatoms. The van der Waals surface area contributed by atoms with Crippen LogP contribution in [0.25, 0.3) is 0 Å². The topological polar surface area (TPSA) is 59.3 Å². The van der Waals surface area contributed by atoms with E-state index in [4.69, 9.17) is 0 Å². The van der Waals surface area contributed by atoms with E-state index in [0.717, 1.165) is 4.73 Å². The normalized spacial score (nSPS) is 10.3. The van der Waals surface area contributed by atoms with E-state index in [1.807, 2.05) is 6.07 Å². The van der Waals surface area contributed by atoms with Gasteiger partial charge in [-0.15, -0.1) is 0 Å². The van der Waals surface area contributed by atoms with Crippen LogP contribution in [0.4, 0.5) is 0 Å². The third kappa shape index (κ3) is 1.72. The molecule has 0 saturated heterocycles. The predicted octanol–water partition coefficient (Wildman–Crippen LogP) is 2.39. The average Bonchev–Trinajstić information content (AvgIpc) is 2.60. The fraction of sp³-hybridized carbons (Fsp3) is 0.143. The van der Waals surface area contributed by atoms with E-state index in [9.17, 15) is 14.8 Å². The fourth-order valence-corrected chi connectivity index (χ4v) is 2.01. The number of hydrogen-bond acceptors (Lipinski definition) is 3. The first kappa shape index (κ1) is 12.1. The molecule has 0 fully saturated rings. The molecule has 92 valence electrons. The lowest BCUT2D eigenvalue weighted by atomic mass is 10.0. The quantitative estimate of drug-likeness (QED) is 0.511. The lowest BCUT2D eigenvalue weighted by molar-refractivity contribution is 0.0978. The standard InChI is InChI=1S/C14H13NO3/c1-9-12(8-16)10(2)15(18)13(9)14(17)11-6-4-3-5-7-11/h3-8,18H,1-2H3. The first-order valence-corrected chi connectivity index (χ1v) is 5.54. The van der Waals surface area contributed by atoms with Crippen molar-refractivity contribution in [2.24, 2.45) is 0 Å². The van der Waals surface area contributed by atoms with Gasteiger partial charge in [-0.25, -0.2) is 0 Å². The van der Waals surface area contributed by atoms with Crippen LogP contribution in [0, 0.1) is 13.8 Å². The summed E-state index contributed by atoms with van der Waals surface area (Å²) in [6, 6.07) is 8.65. The summed E-state index contributed by atoms with van der Waals surface area (Å²) in [5.74, 6) is -0.299. The predicted molar refractivity (Wildman–Crippen MR) is 66.4 cm³/mol. The minimum Gasteiger partial charge on any atom is -0.428 e. The molecule has 0 aliphatic heterocycles. The molecule has 1 aromatic heterocycles. The van der Waals surface area contributed by atoms with Gasteiger partial charge in [0.1, 0.15) is 5.69 Å². The second kappa shape index (κ2) is 4.49. The number of aldehydes is 1. The highest BCUT2D eigenvalue weighted by atomic mass is 16.5. The van der Waals surface area contributed by atoms with E-state index in [1.165, 1.54) is 0 Å². The number of carbonyl (C=O) groups is 2. The van der Waals surface area contributed by atoms with Crippen molar-refractivity contribution in [3.05, 3.63) is 58.4 Å². The van der Waals surface area contributed by atoms with Gasteiger partial charge in [0.2, 0.25) is 5.78 Å². The van der Waals surface area contributed by atoms with Crippen LogP contribution in [0.5, 0.6) is 0 Å². The summed E-state index contributed by atoms with van der Waals surface area (Å²) in [6.45, 7) is 3.25. The Kier molecular flexibility index (Phi) is 3.02. The number of hydrogen-bond donors (Lipinski definition) is 1. The summed E-state index contributed by atoms with van der Waals surface area (Å²) in [5.41, 5.74) is 1.85. The highest BCUT2D eigenvalue weighted by Gasteiger charge is 2.23. The average molecular weight is 243 g/mol. The summed E-state index contributed by atoms with van der Waals surface area (Å²) in [5, 5.41) is 9.90. The summed E-state index contributed by atoms with van der Waals surface area (Å²) in [4.78, 5) is 23.2. The number of rotatable bonds is 3. The maximum absolute atomic E-state index is 12.3. The molecular weight excluding hydrogens is 230 g/mol. The molecule has 1 aromatic carbocycles. The van der Waals surface area contributed by atoms with Crippen molar-refractivity contribution in [2.45, 2.75) is 13.8 Å². The van der Waals surface area contributed by atoms with Crippen LogP contribution in [0.3, 0.4) is 0 Å². The van der Waals surface area contributed by atoms with Gasteiger partial charge in [-0.3, -0.25) is 9.59 Å². The number of carbonyl (C=O) groups excluding carboxylic acids is 2. The smallest absolute Gasteiger partial charge is 0.213 e. The van der Waals surface area contributed by atoms with Crippen LogP contribution in [0.1, 0.15) is 37.7 Å². The minimum absolute atomic E-state index is 0.140. The first-order chi connectivity index (χ1) is 8.57. The molecule has 1 N–H and O–H groups in total. The van der Waals surface area contributed by atoms with E-state index in [1.54, 1.807) is 38.1 Å². The number of nitrogens with zero attached hydrogens (tertiary/aromatic N) is 1. The lowest BCUT2D eigenvalue weighted by Crippen LogP contribution is -2.10. The van der Waals surface area contributed by atoms with Crippen molar-refractivity contribution in [1.29, 1.82) is 0 Å². The zero-order valence-electron chi connectivity index (χ0n) is 10.2. The van der Waals surface area contributed by atoms with Gasteiger partial charge >= 0.3 is 0 Å². The van der Waals surface area contributed by atoms with E-state index in [0.29, 0.717) is 28.7 Å². The summed E-state index contributed by atoms with van der Waals surface area (Å²) in [7, 11) is 0. The number of benzene rings is 1. The van der Waals surface area contributed by atoms with Gasteiger partial charge in [-0.2, -0.15) is 4.73 Å². The molecule has 0 aliphatic rings. The Balaban J connectivity index is 2.60. The van der Waals surface area contributed by atoms with Crippen molar-refractivity contribution in [1.82, 2.24) is 4.73 Å². The van der Waals surface area contributed by atoms with Crippen LogP contribution in [-0.2, 0) is 0 Å². The van der Waals surface area contributed by atoms with Crippen LogP contribution in [0.15, 0.2) is 30.3 Å². The van der Waals surface area contributed by atoms with Crippen LogP contribution >= 0.6 is 0 Å². The number of ketones is 1. The van der Waals surface area contributed by atoms with Crippen molar-refractivity contribution in [2.75, 3.05) is 0 Å². The highest BCUT2D eigenvalue weighted by molar-refractivity contribution is 6.10. The van der Waals surface area contributed by atoms with Gasteiger partial charge in [0, 0.05) is 11.1 Å². The molecule has 0 unspecified atom stereocenters. The SMILES string of the molecule is Cc1c(C=O)c(C)n(O)c1C(=O)c1ccccc1. The molecule has 0 atom stereocenters. The monoisotopic (exact) mass is 243 g/mol. The van der Waals surface area contributed by atoms with Crippen molar-refractivity contribution < 1.29 is 14.8 Å². The zero-order valence-corrected chi connectivity index (χ0v) is 10.2. The molecule has 0 radical (unpaired) electrons. The summed E-state index contributed by atoms with van der Waals surface area (Å²) in [6.07, 6.45) is 0.652.